The SMILES string of the molecule is CCN(c1cccc(C)c1)c1nnc(CN)o1. The second-order valence-corrected chi connectivity index (χ2v) is 3.77. The number of rotatable bonds is 4. The average molecular weight is 232 g/mol. The standard InChI is InChI=1S/C12H16N4O/c1-3-16(10-6-4-5-9(2)7-10)12-15-14-11(8-13)17-12/h4-7H,3,8,13H2,1-2H3. The highest BCUT2D eigenvalue weighted by Crippen LogP contribution is 2.24. The van der Waals surface area contributed by atoms with Gasteiger partial charge in [0.2, 0.25) is 5.89 Å². The monoisotopic (exact) mass is 232 g/mol. The summed E-state index contributed by atoms with van der Waals surface area (Å²) in [6, 6.07) is 8.64. The molecule has 1 heterocycles. The van der Waals surface area contributed by atoms with Crippen LogP contribution < -0.4 is 10.6 Å². The molecule has 0 saturated heterocycles. The van der Waals surface area contributed by atoms with Crippen LogP contribution in [0.2, 0.25) is 0 Å². The van der Waals surface area contributed by atoms with Gasteiger partial charge in [-0.3, -0.25) is 4.90 Å². The van der Waals surface area contributed by atoms with Crippen molar-refractivity contribution >= 4 is 11.7 Å². The molecule has 2 aromatic rings. The van der Waals surface area contributed by atoms with Gasteiger partial charge in [-0.25, -0.2) is 0 Å². The molecule has 90 valence electrons. The molecule has 0 atom stereocenters. The van der Waals surface area contributed by atoms with Crippen LogP contribution in [0.5, 0.6) is 0 Å². The zero-order valence-corrected chi connectivity index (χ0v) is 10.1. The first-order chi connectivity index (χ1) is 8.24. The number of anilines is 2. The predicted molar refractivity (Wildman–Crippen MR) is 66.0 cm³/mol. The van der Waals surface area contributed by atoms with Crippen molar-refractivity contribution in [3.8, 4) is 0 Å². The summed E-state index contributed by atoms with van der Waals surface area (Å²) < 4.78 is 5.46. The molecule has 0 radical (unpaired) electrons. The topological polar surface area (TPSA) is 68.2 Å². The smallest absolute Gasteiger partial charge is 0.322 e. The van der Waals surface area contributed by atoms with Gasteiger partial charge in [0.05, 0.1) is 6.54 Å². The van der Waals surface area contributed by atoms with Crippen LogP contribution in [-0.2, 0) is 6.54 Å². The third-order valence-corrected chi connectivity index (χ3v) is 2.49. The Labute approximate surface area is 100 Å². The Balaban J connectivity index is 2.33. The maximum Gasteiger partial charge on any atom is 0.322 e. The van der Waals surface area contributed by atoms with E-state index in [-0.39, 0.29) is 6.54 Å². The molecule has 0 bridgehead atoms. The van der Waals surface area contributed by atoms with E-state index in [2.05, 4.69) is 29.3 Å². The van der Waals surface area contributed by atoms with E-state index in [1.807, 2.05) is 24.0 Å². The van der Waals surface area contributed by atoms with Crippen LogP contribution in [0.4, 0.5) is 11.7 Å². The highest BCUT2D eigenvalue weighted by Gasteiger charge is 2.14. The Hall–Kier alpha value is -1.88. The second kappa shape index (κ2) is 4.97. The largest absolute Gasteiger partial charge is 0.406 e. The Morgan fingerprint density at radius 3 is 2.76 bits per heavy atom. The van der Waals surface area contributed by atoms with Crippen molar-refractivity contribution in [1.82, 2.24) is 10.2 Å². The van der Waals surface area contributed by atoms with Crippen LogP contribution in [0.3, 0.4) is 0 Å². The van der Waals surface area contributed by atoms with Gasteiger partial charge in [-0.15, -0.1) is 5.10 Å². The molecule has 17 heavy (non-hydrogen) atoms. The molecular weight excluding hydrogens is 216 g/mol. The highest BCUT2D eigenvalue weighted by molar-refractivity contribution is 5.56. The van der Waals surface area contributed by atoms with Crippen LogP contribution >= 0.6 is 0 Å². The van der Waals surface area contributed by atoms with Crippen molar-refractivity contribution in [2.45, 2.75) is 20.4 Å². The maximum absolute atomic E-state index is 5.46. The van der Waals surface area contributed by atoms with Gasteiger partial charge in [-0.05, 0) is 31.5 Å². The molecule has 5 heteroatoms. The number of aromatic nitrogens is 2. The van der Waals surface area contributed by atoms with E-state index in [1.54, 1.807) is 0 Å². The number of hydrogen-bond acceptors (Lipinski definition) is 5. The fourth-order valence-corrected chi connectivity index (χ4v) is 1.66. The molecule has 0 aliphatic heterocycles. The van der Waals surface area contributed by atoms with E-state index in [1.165, 1.54) is 5.56 Å². The van der Waals surface area contributed by atoms with Crippen LogP contribution in [-0.4, -0.2) is 16.7 Å². The Morgan fingerprint density at radius 1 is 1.35 bits per heavy atom. The number of hydrogen-bond donors (Lipinski definition) is 1. The van der Waals surface area contributed by atoms with Crippen molar-refractivity contribution in [2.75, 3.05) is 11.4 Å². The second-order valence-electron chi connectivity index (χ2n) is 3.77. The molecule has 0 aliphatic carbocycles. The number of nitrogens with zero attached hydrogens (tertiary/aromatic N) is 3. The molecule has 2 N–H and O–H groups in total. The van der Waals surface area contributed by atoms with Gasteiger partial charge in [0.25, 0.3) is 0 Å². The molecule has 0 saturated carbocycles. The molecule has 0 fully saturated rings. The molecule has 1 aromatic carbocycles. The van der Waals surface area contributed by atoms with Gasteiger partial charge in [-0.1, -0.05) is 17.2 Å². The summed E-state index contributed by atoms with van der Waals surface area (Å²) in [7, 11) is 0. The summed E-state index contributed by atoms with van der Waals surface area (Å²) in [5, 5.41) is 7.86. The van der Waals surface area contributed by atoms with Crippen LogP contribution in [0.25, 0.3) is 0 Å². The summed E-state index contributed by atoms with van der Waals surface area (Å²) in [6.07, 6.45) is 0. The quantitative estimate of drug-likeness (QED) is 0.873. The molecule has 0 spiro atoms. The van der Waals surface area contributed by atoms with E-state index < -0.39 is 0 Å². The minimum absolute atomic E-state index is 0.262. The van der Waals surface area contributed by atoms with Gasteiger partial charge in [0.1, 0.15) is 0 Å². The first-order valence-electron chi connectivity index (χ1n) is 5.61. The van der Waals surface area contributed by atoms with Gasteiger partial charge in [0, 0.05) is 12.2 Å². The Bertz CT molecular complexity index is 495. The molecule has 2 rings (SSSR count). The van der Waals surface area contributed by atoms with Gasteiger partial charge in [0.15, 0.2) is 0 Å². The summed E-state index contributed by atoms with van der Waals surface area (Å²) in [5.74, 6) is 0.450. The lowest BCUT2D eigenvalue weighted by Gasteiger charge is -2.18. The number of nitrogens with two attached hydrogens (primary N) is 1. The predicted octanol–water partition coefficient (Wildman–Crippen LogP) is 1.99. The van der Waals surface area contributed by atoms with Crippen LogP contribution in [0, 0.1) is 6.92 Å². The van der Waals surface area contributed by atoms with E-state index in [0.717, 1.165) is 12.2 Å². The van der Waals surface area contributed by atoms with Crippen LogP contribution in [0.15, 0.2) is 28.7 Å². The molecule has 5 nitrogen and oxygen atoms in total. The first-order valence-corrected chi connectivity index (χ1v) is 5.61. The lowest BCUT2D eigenvalue weighted by atomic mass is 10.2. The molecular formula is C12H16N4O. The minimum Gasteiger partial charge on any atom is -0.406 e. The van der Waals surface area contributed by atoms with E-state index in [4.69, 9.17) is 10.2 Å². The summed E-state index contributed by atoms with van der Waals surface area (Å²) in [5.41, 5.74) is 7.69. The van der Waals surface area contributed by atoms with Crippen molar-refractivity contribution in [2.24, 2.45) is 5.73 Å². The van der Waals surface area contributed by atoms with E-state index >= 15 is 0 Å². The summed E-state index contributed by atoms with van der Waals surface area (Å²) in [6.45, 7) is 5.11. The highest BCUT2D eigenvalue weighted by atomic mass is 16.4. The van der Waals surface area contributed by atoms with Gasteiger partial charge >= 0.3 is 6.01 Å². The lowest BCUT2D eigenvalue weighted by molar-refractivity contribution is 0.497. The number of aryl methyl sites for hydroxylation is 1. The third-order valence-electron chi connectivity index (χ3n) is 2.49. The normalized spacial score (nSPS) is 10.5. The zero-order valence-electron chi connectivity index (χ0n) is 10.1. The summed E-state index contributed by atoms with van der Waals surface area (Å²) >= 11 is 0. The van der Waals surface area contributed by atoms with Crippen LogP contribution in [0.1, 0.15) is 18.4 Å². The van der Waals surface area contributed by atoms with Crippen molar-refractivity contribution in [3.63, 3.8) is 0 Å². The first kappa shape index (κ1) is 11.6. The van der Waals surface area contributed by atoms with Crippen molar-refractivity contribution in [3.05, 3.63) is 35.7 Å². The number of benzene rings is 1. The average Bonchev–Trinajstić information content (AvgIpc) is 2.79. The van der Waals surface area contributed by atoms with Crippen molar-refractivity contribution in [1.29, 1.82) is 0 Å². The molecule has 0 amide bonds. The lowest BCUT2D eigenvalue weighted by Crippen LogP contribution is -2.16. The Kier molecular flexibility index (Phi) is 3.39. The van der Waals surface area contributed by atoms with E-state index in [9.17, 15) is 0 Å². The molecule has 0 aliphatic rings. The molecule has 0 unspecified atom stereocenters. The van der Waals surface area contributed by atoms with E-state index in [0.29, 0.717) is 11.9 Å². The molecule has 1 aromatic heterocycles. The van der Waals surface area contributed by atoms with Gasteiger partial charge in [-0.2, -0.15) is 0 Å². The fourth-order valence-electron chi connectivity index (χ4n) is 1.66. The third kappa shape index (κ3) is 2.45. The van der Waals surface area contributed by atoms with Gasteiger partial charge < -0.3 is 10.2 Å². The van der Waals surface area contributed by atoms with Crippen molar-refractivity contribution < 1.29 is 4.42 Å². The maximum atomic E-state index is 5.46. The fraction of sp³-hybridized carbons (Fsp3) is 0.333. The minimum atomic E-state index is 0.262. The summed E-state index contributed by atoms with van der Waals surface area (Å²) in [4.78, 5) is 1.96. The zero-order chi connectivity index (χ0) is 12.3. The Morgan fingerprint density at radius 2 is 2.18 bits per heavy atom.